The third kappa shape index (κ3) is 4.30. The highest BCUT2D eigenvalue weighted by Gasteiger charge is 2.27. The SMILES string of the molecule is Cc1ccc(S(=O)(=O)N(C)CC(=O)N(C(C)C)C(C)C)cc1. The van der Waals surface area contributed by atoms with Crippen LogP contribution in [0, 0.1) is 6.92 Å². The Balaban J connectivity index is 2.93. The summed E-state index contributed by atoms with van der Waals surface area (Å²) in [6, 6.07) is 6.68. The van der Waals surface area contributed by atoms with Gasteiger partial charge in [0, 0.05) is 19.1 Å². The fourth-order valence-corrected chi connectivity index (χ4v) is 3.54. The monoisotopic (exact) mass is 326 g/mol. The standard InChI is InChI=1S/C16H26N2O3S/c1-12(2)18(13(3)4)16(19)11-17(6)22(20,21)15-9-7-14(5)8-10-15/h7-10,12-13H,11H2,1-6H3. The first-order chi connectivity index (χ1) is 10.1. The maximum atomic E-state index is 12.5. The molecule has 0 saturated carbocycles. The van der Waals surface area contributed by atoms with E-state index >= 15 is 0 Å². The summed E-state index contributed by atoms with van der Waals surface area (Å²) < 4.78 is 26.1. The van der Waals surface area contributed by atoms with E-state index < -0.39 is 10.0 Å². The Labute approximate surface area is 134 Å². The highest BCUT2D eigenvalue weighted by molar-refractivity contribution is 7.89. The van der Waals surface area contributed by atoms with Gasteiger partial charge in [-0.1, -0.05) is 17.7 Å². The maximum absolute atomic E-state index is 12.5. The molecule has 0 N–H and O–H groups in total. The molecular weight excluding hydrogens is 300 g/mol. The average molecular weight is 326 g/mol. The second kappa shape index (κ2) is 7.24. The van der Waals surface area contributed by atoms with Gasteiger partial charge in [-0.25, -0.2) is 8.42 Å². The van der Waals surface area contributed by atoms with Crippen LogP contribution in [0.1, 0.15) is 33.3 Å². The quantitative estimate of drug-likeness (QED) is 0.806. The fourth-order valence-electron chi connectivity index (χ4n) is 2.42. The van der Waals surface area contributed by atoms with Gasteiger partial charge in [0.15, 0.2) is 0 Å². The van der Waals surface area contributed by atoms with Crippen molar-refractivity contribution in [3.8, 4) is 0 Å². The predicted octanol–water partition coefficient (Wildman–Crippen LogP) is 2.26. The summed E-state index contributed by atoms with van der Waals surface area (Å²) >= 11 is 0. The third-order valence-corrected chi connectivity index (χ3v) is 5.31. The minimum atomic E-state index is -3.65. The maximum Gasteiger partial charge on any atom is 0.243 e. The zero-order valence-electron chi connectivity index (χ0n) is 14.2. The van der Waals surface area contributed by atoms with E-state index in [0.29, 0.717) is 0 Å². The van der Waals surface area contributed by atoms with Crippen molar-refractivity contribution in [3.05, 3.63) is 29.8 Å². The number of aryl methyl sites for hydroxylation is 1. The third-order valence-electron chi connectivity index (χ3n) is 3.49. The molecule has 124 valence electrons. The van der Waals surface area contributed by atoms with Crippen LogP contribution < -0.4 is 0 Å². The summed E-state index contributed by atoms with van der Waals surface area (Å²) in [5.74, 6) is -0.191. The molecule has 0 unspecified atom stereocenters. The Morgan fingerprint density at radius 3 is 1.91 bits per heavy atom. The zero-order valence-corrected chi connectivity index (χ0v) is 15.0. The number of benzene rings is 1. The molecule has 0 saturated heterocycles. The van der Waals surface area contributed by atoms with Crippen molar-refractivity contribution in [3.63, 3.8) is 0 Å². The second-order valence-corrected chi connectivity index (χ2v) is 8.11. The number of carbonyl (C=O) groups excluding carboxylic acids is 1. The van der Waals surface area contributed by atoms with Crippen LogP contribution in [-0.2, 0) is 14.8 Å². The number of amides is 1. The molecular formula is C16H26N2O3S. The molecule has 22 heavy (non-hydrogen) atoms. The van der Waals surface area contributed by atoms with Crippen molar-refractivity contribution in [2.24, 2.45) is 0 Å². The predicted molar refractivity (Wildman–Crippen MR) is 88.1 cm³/mol. The van der Waals surface area contributed by atoms with Crippen LogP contribution in [0.5, 0.6) is 0 Å². The smallest absolute Gasteiger partial charge is 0.243 e. The van der Waals surface area contributed by atoms with Crippen molar-refractivity contribution in [1.29, 1.82) is 0 Å². The van der Waals surface area contributed by atoms with Crippen LogP contribution in [0.25, 0.3) is 0 Å². The lowest BCUT2D eigenvalue weighted by molar-refractivity contribution is -0.134. The number of sulfonamides is 1. The van der Waals surface area contributed by atoms with E-state index in [1.54, 1.807) is 29.2 Å². The van der Waals surface area contributed by atoms with Gasteiger partial charge in [-0.2, -0.15) is 4.31 Å². The van der Waals surface area contributed by atoms with Crippen LogP contribution in [0.2, 0.25) is 0 Å². The van der Waals surface area contributed by atoms with E-state index in [2.05, 4.69) is 0 Å². The molecule has 0 bridgehead atoms. The van der Waals surface area contributed by atoms with Gasteiger partial charge in [-0.05, 0) is 46.8 Å². The molecule has 0 atom stereocenters. The number of carbonyl (C=O) groups is 1. The van der Waals surface area contributed by atoms with Crippen LogP contribution >= 0.6 is 0 Å². The summed E-state index contributed by atoms with van der Waals surface area (Å²) in [5.41, 5.74) is 0.989. The Morgan fingerprint density at radius 2 is 1.50 bits per heavy atom. The van der Waals surface area contributed by atoms with Crippen molar-refractivity contribution in [2.75, 3.05) is 13.6 Å². The lowest BCUT2D eigenvalue weighted by Gasteiger charge is -2.32. The van der Waals surface area contributed by atoms with Crippen LogP contribution in [0.3, 0.4) is 0 Å². The van der Waals surface area contributed by atoms with Gasteiger partial charge < -0.3 is 4.90 Å². The van der Waals surface area contributed by atoms with Crippen molar-refractivity contribution < 1.29 is 13.2 Å². The lowest BCUT2D eigenvalue weighted by Crippen LogP contribution is -2.47. The summed E-state index contributed by atoms with van der Waals surface area (Å²) in [5, 5.41) is 0. The van der Waals surface area contributed by atoms with Crippen molar-refractivity contribution in [1.82, 2.24) is 9.21 Å². The second-order valence-electron chi connectivity index (χ2n) is 6.06. The van der Waals surface area contributed by atoms with Crippen LogP contribution in [-0.4, -0.2) is 49.2 Å². The summed E-state index contributed by atoms with van der Waals surface area (Å²) in [6.07, 6.45) is 0. The van der Waals surface area contributed by atoms with Crippen molar-refractivity contribution >= 4 is 15.9 Å². The van der Waals surface area contributed by atoms with Gasteiger partial charge >= 0.3 is 0 Å². The highest BCUT2D eigenvalue weighted by Crippen LogP contribution is 2.16. The molecule has 1 rings (SSSR count). The fraction of sp³-hybridized carbons (Fsp3) is 0.562. The Kier molecular flexibility index (Phi) is 6.14. The van der Waals surface area contributed by atoms with E-state index in [4.69, 9.17) is 0 Å². The van der Waals surface area contributed by atoms with Gasteiger partial charge in [0.1, 0.15) is 0 Å². The van der Waals surface area contributed by atoms with E-state index in [-0.39, 0.29) is 29.4 Å². The topological polar surface area (TPSA) is 57.7 Å². The molecule has 0 aliphatic carbocycles. The van der Waals surface area contributed by atoms with E-state index in [1.165, 1.54) is 7.05 Å². The van der Waals surface area contributed by atoms with Crippen molar-refractivity contribution in [2.45, 2.75) is 51.6 Å². The molecule has 0 heterocycles. The van der Waals surface area contributed by atoms with E-state index in [9.17, 15) is 13.2 Å². The van der Waals surface area contributed by atoms with Gasteiger partial charge in [-0.3, -0.25) is 4.79 Å². The zero-order chi connectivity index (χ0) is 17.1. The molecule has 0 fully saturated rings. The Hall–Kier alpha value is -1.40. The number of hydrogen-bond acceptors (Lipinski definition) is 3. The number of hydrogen-bond donors (Lipinski definition) is 0. The first-order valence-corrected chi connectivity index (χ1v) is 8.85. The number of nitrogens with zero attached hydrogens (tertiary/aromatic N) is 2. The molecule has 1 aromatic rings. The first-order valence-electron chi connectivity index (χ1n) is 7.41. The van der Waals surface area contributed by atoms with Gasteiger partial charge in [0.2, 0.25) is 15.9 Å². The number of rotatable bonds is 6. The first kappa shape index (κ1) is 18.6. The molecule has 1 amide bonds. The molecule has 0 aromatic heterocycles. The van der Waals surface area contributed by atoms with Gasteiger partial charge in [0.05, 0.1) is 11.4 Å². The molecule has 0 spiro atoms. The summed E-state index contributed by atoms with van der Waals surface area (Å²) in [6.45, 7) is 9.43. The largest absolute Gasteiger partial charge is 0.337 e. The lowest BCUT2D eigenvalue weighted by atomic mass is 10.2. The minimum absolute atomic E-state index is 0.0305. The van der Waals surface area contributed by atoms with Gasteiger partial charge in [-0.15, -0.1) is 0 Å². The Bertz CT molecular complexity index is 599. The van der Waals surface area contributed by atoms with E-state index in [0.717, 1.165) is 9.87 Å². The average Bonchev–Trinajstić information content (AvgIpc) is 2.37. The molecule has 0 aliphatic heterocycles. The molecule has 6 heteroatoms. The normalized spacial score (nSPS) is 12.2. The summed E-state index contributed by atoms with van der Waals surface area (Å²) in [7, 11) is -2.21. The minimum Gasteiger partial charge on any atom is -0.337 e. The molecule has 0 radical (unpaired) electrons. The Morgan fingerprint density at radius 1 is 1.05 bits per heavy atom. The summed E-state index contributed by atoms with van der Waals surface area (Å²) in [4.78, 5) is 14.3. The van der Waals surface area contributed by atoms with Crippen LogP contribution in [0.15, 0.2) is 29.2 Å². The molecule has 5 nitrogen and oxygen atoms in total. The van der Waals surface area contributed by atoms with Crippen LogP contribution in [0.4, 0.5) is 0 Å². The van der Waals surface area contributed by atoms with Gasteiger partial charge in [0.25, 0.3) is 0 Å². The molecule has 1 aromatic carbocycles. The van der Waals surface area contributed by atoms with E-state index in [1.807, 2.05) is 34.6 Å². The highest BCUT2D eigenvalue weighted by atomic mass is 32.2. The number of likely N-dealkylation sites (N-methyl/N-ethyl adjacent to an activating group) is 1. The molecule has 0 aliphatic rings.